The van der Waals surface area contributed by atoms with Crippen LogP contribution in [0.1, 0.15) is 49.8 Å². The van der Waals surface area contributed by atoms with Crippen molar-refractivity contribution in [3.8, 4) is 11.3 Å². The molecule has 0 saturated carbocycles. The van der Waals surface area contributed by atoms with Gasteiger partial charge in [0.15, 0.2) is 0 Å². The third-order valence-corrected chi connectivity index (χ3v) is 7.43. The number of carbonyl (C=O) groups is 3. The van der Waals surface area contributed by atoms with Crippen molar-refractivity contribution in [2.45, 2.75) is 20.8 Å². The Labute approximate surface area is 223 Å². The molecule has 4 aromatic rings. The quantitative estimate of drug-likeness (QED) is 0.298. The number of anilines is 1. The van der Waals surface area contributed by atoms with Gasteiger partial charge in [0.05, 0.1) is 34.3 Å². The van der Waals surface area contributed by atoms with Crippen LogP contribution in [0.25, 0.3) is 22.2 Å². The number of benzene rings is 1. The number of pyridine rings is 2. The first-order valence-corrected chi connectivity index (χ1v) is 12.8. The topological polar surface area (TPSA) is 101 Å². The third-order valence-electron chi connectivity index (χ3n) is 6.00. The molecule has 0 aliphatic carbocycles. The van der Waals surface area contributed by atoms with Crippen LogP contribution in [0.5, 0.6) is 0 Å². The molecular weight excluding hydrogens is 512 g/mol. The maximum atomic E-state index is 13.7. The molecule has 0 radical (unpaired) electrons. The normalized spacial score (nSPS) is 10.8. The molecular formula is C27H25ClN4O4S. The fourth-order valence-corrected chi connectivity index (χ4v) is 5.36. The van der Waals surface area contributed by atoms with Crippen molar-refractivity contribution < 1.29 is 19.1 Å². The molecule has 0 aliphatic heterocycles. The Hall–Kier alpha value is -3.82. The summed E-state index contributed by atoms with van der Waals surface area (Å²) in [6, 6.07) is 10.4. The highest BCUT2D eigenvalue weighted by atomic mass is 35.5. The number of fused-ring (bicyclic) bond motifs is 1. The lowest BCUT2D eigenvalue weighted by atomic mass is 10.0. The summed E-state index contributed by atoms with van der Waals surface area (Å²) in [5.74, 6) is -1.32. The van der Waals surface area contributed by atoms with Gasteiger partial charge in [0, 0.05) is 41.5 Å². The Morgan fingerprint density at radius 3 is 2.43 bits per heavy atom. The summed E-state index contributed by atoms with van der Waals surface area (Å²) in [7, 11) is 1.26. The molecule has 190 valence electrons. The molecule has 10 heteroatoms. The number of amides is 2. The van der Waals surface area contributed by atoms with E-state index in [2.05, 4.69) is 15.3 Å². The molecule has 2 amide bonds. The predicted octanol–water partition coefficient (Wildman–Crippen LogP) is 5.84. The lowest BCUT2D eigenvalue weighted by molar-refractivity contribution is 0.0601. The molecule has 0 bridgehead atoms. The molecule has 0 saturated heterocycles. The Morgan fingerprint density at radius 1 is 1.08 bits per heavy atom. The van der Waals surface area contributed by atoms with Crippen LogP contribution in [-0.4, -0.2) is 52.9 Å². The summed E-state index contributed by atoms with van der Waals surface area (Å²) in [5.41, 5.74) is 2.88. The molecule has 8 nitrogen and oxygen atoms in total. The van der Waals surface area contributed by atoms with Gasteiger partial charge in [0.2, 0.25) is 0 Å². The summed E-state index contributed by atoms with van der Waals surface area (Å²) in [5, 5.41) is 4.09. The Balaban J connectivity index is 1.83. The highest BCUT2D eigenvalue weighted by Gasteiger charge is 2.28. The van der Waals surface area contributed by atoms with E-state index in [1.54, 1.807) is 60.6 Å². The van der Waals surface area contributed by atoms with Gasteiger partial charge >= 0.3 is 5.97 Å². The van der Waals surface area contributed by atoms with Crippen LogP contribution in [0.4, 0.5) is 5.00 Å². The zero-order valence-corrected chi connectivity index (χ0v) is 22.4. The number of methoxy groups -OCH3 is 1. The number of hydrogen-bond acceptors (Lipinski definition) is 7. The predicted molar refractivity (Wildman–Crippen MR) is 146 cm³/mol. The molecule has 0 fully saturated rings. The summed E-state index contributed by atoms with van der Waals surface area (Å²) in [6.07, 6.45) is 3.29. The first-order valence-electron chi connectivity index (χ1n) is 11.6. The van der Waals surface area contributed by atoms with Crippen molar-refractivity contribution >= 4 is 56.6 Å². The van der Waals surface area contributed by atoms with Gasteiger partial charge in [0.25, 0.3) is 11.8 Å². The molecule has 1 N–H and O–H groups in total. The van der Waals surface area contributed by atoms with Gasteiger partial charge in [-0.15, -0.1) is 11.3 Å². The molecule has 1 aromatic carbocycles. The van der Waals surface area contributed by atoms with Crippen molar-refractivity contribution in [3.63, 3.8) is 0 Å². The van der Waals surface area contributed by atoms with Crippen LogP contribution < -0.4 is 5.32 Å². The monoisotopic (exact) mass is 536 g/mol. The average Bonchev–Trinajstić information content (AvgIpc) is 3.23. The maximum Gasteiger partial charge on any atom is 0.341 e. The molecule has 0 aliphatic rings. The number of carbonyl (C=O) groups excluding carboxylic acids is 3. The summed E-state index contributed by atoms with van der Waals surface area (Å²) in [6.45, 7) is 6.48. The van der Waals surface area contributed by atoms with Gasteiger partial charge in [-0.05, 0) is 62.7 Å². The van der Waals surface area contributed by atoms with E-state index < -0.39 is 11.9 Å². The number of hydrogen-bond donors (Lipinski definition) is 1. The molecule has 0 atom stereocenters. The summed E-state index contributed by atoms with van der Waals surface area (Å²) >= 11 is 7.30. The van der Waals surface area contributed by atoms with Crippen LogP contribution in [0, 0.1) is 6.92 Å². The smallest absolute Gasteiger partial charge is 0.341 e. The molecule has 3 heterocycles. The number of aromatic nitrogens is 2. The third kappa shape index (κ3) is 5.19. The van der Waals surface area contributed by atoms with Gasteiger partial charge in [-0.1, -0.05) is 11.6 Å². The number of halogens is 1. The fourth-order valence-electron chi connectivity index (χ4n) is 4.03. The van der Waals surface area contributed by atoms with E-state index in [-0.39, 0.29) is 16.5 Å². The van der Waals surface area contributed by atoms with Crippen molar-refractivity contribution in [3.05, 3.63) is 75.4 Å². The molecule has 0 spiro atoms. The summed E-state index contributed by atoms with van der Waals surface area (Å²) in [4.78, 5) is 50.3. The standard InChI is InChI=1S/C27H25ClN4O4S/c1-5-32(6-2)26(34)23-15(3)22(27(35)36-4)25(37-23)31-24(33)19-14-21(16-9-11-29-12-10-16)30-20-8-7-17(28)13-18(19)20/h7-14H,5-6H2,1-4H3,(H,31,33). The van der Waals surface area contributed by atoms with E-state index in [0.717, 1.165) is 16.9 Å². The number of thiophene rings is 1. The fraction of sp³-hybridized carbons (Fsp3) is 0.222. The van der Waals surface area contributed by atoms with Gasteiger partial charge < -0.3 is 15.0 Å². The van der Waals surface area contributed by atoms with E-state index in [1.807, 2.05) is 13.8 Å². The van der Waals surface area contributed by atoms with Crippen molar-refractivity contribution in [2.24, 2.45) is 0 Å². The zero-order chi connectivity index (χ0) is 26.7. The number of ether oxygens (including phenoxy) is 1. The van der Waals surface area contributed by atoms with E-state index >= 15 is 0 Å². The van der Waals surface area contributed by atoms with E-state index in [4.69, 9.17) is 16.3 Å². The molecule has 4 rings (SSSR count). The summed E-state index contributed by atoms with van der Waals surface area (Å²) < 4.78 is 4.97. The minimum Gasteiger partial charge on any atom is -0.465 e. The number of esters is 1. The lowest BCUT2D eigenvalue weighted by Crippen LogP contribution is -2.30. The van der Waals surface area contributed by atoms with E-state index in [0.29, 0.717) is 50.7 Å². The lowest BCUT2D eigenvalue weighted by Gasteiger charge is -2.17. The largest absolute Gasteiger partial charge is 0.465 e. The minimum absolute atomic E-state index is 0.155. The molecule has 0 unspecified atom stereocenters. The van der Waals surface area contributed by atoms with Crippen LogP contribution in [0.15, 0.2) is 48.8 Å². The highest BCUT2D eigenvalue weighted by Crippen LogP contribution is 2.36. The second-order valence-corrected chi connectivity index (χ2v) is 9.59. The first-order chi connectivity index (χ1) is 17.8. The van der Waals surface area contributed by atoms with Crippen molar-refractivity contribution in [1.29, 1.82) is 0 Å². The number of nitrogens with zero attached hydrogens (tertiary/aromatic N) is 3. The van der Waals surface area contributed by atoms with Gasteiger partial charge in [-0.25, -0.2) is 9.78 Å². The average molecular weight is 537 g/mol. The second-order valence-electron chi connectivity index (χ2n) is 8.14. The Kier molecular flexibility index (Phi) is 7.85. The van der Waals surface area contributed by atoms with Crippen LogP contribution in [-0.2, 0) is 4.74 Å². The van der Waals surface area contributed by atoms with Crippen LogP contribution in [0.2, 0.25) is 5.02 Å². The van der Waals surface area contributed by atoms with Gasteiger partial charge in [0.1, 0.15) is 5.00 Å². The SMILES string of the molecule is CCN(CC)C(=O)c1sc(NC(=O)c2cc(-c3ccncc3)nc3ccc(Cl)cc23)c(C(=O)OC)c1C. The van der Waals surface area contributed by atoms with Crippen LogP contribution >= 0.6 is 22.9 Å². The van der Waals surface area contributed by atoms with Crippen LogP contribution in [0.3, 0.4) is 0 Å². The zero-order valence-electron chi connectivity index (χ0n) is 20.8. The minimum atomic E-state index is -0.636. The second kappa shape index (κ2) is 11.1. The molecule has 37 heavy (non-hydrogen) atoms. The molecule has 3 aromatic heterocycles. The van der Waals surface area contributed by atoms with Crippen molar-refractivity contribution in [2.75, 3.05) is 25.5 Å². The van der Waals surface area contributed by atoms with E-state index in [9.17, 15) is 14.4 Å². The van der Waals surface area contributed by atoms with Crippen molar-refractivity contribution in [1.82, 2.24) is 14.9 Å². The highest BCUT2D eigenvalue weighted by molar-refractivity contribution is 7.18. The number of nitrogens with one attached hydrogen (secondary N) is 1. The van der Waals surface area contributed by atoms with Gasteiger partial charge in [-0.2, -0.15) is 0 Å². The maximum absolute atomic E-state index is 13.7. The van der Waals surface area contributed by atoms with E-state index in [1.165, 1.54) is 7.11 Å². The first kappa shape index (κ1) is 26.2. The Bertz CT molecular complexity index is 1500. The van der Waals surface area contributed by atoms with Gasteiger partial charge in [-0.3, -0.25) is 14.6 Å². The number of rotatable bonds is 7. The Morgan fingerprint density at radius 2 is 1.78 bits per heavy atom.